The van der Waals surface area contributed by atoms with Gasteiger partial charge in [-0.2, -0.15) is 13.2 Å². The molecule has 1 N–H and O–H groups in total. The number of rotatable bonds is 10. The first kappa shape index (κ1) is 34.8. The van der Waals surface area contributed by atoms with E-state index in [-0.39, 0.29) is 55.8 Å². The van der Waals surface area contributed by atoms with Gasteiger partial charge < -0.3 is 24.6 Å². The molecule has 1 aliphatic carbocycles. The number of hydrogen-bond donors (Lipinski definition) is 1. The number of thiazole rings is 1. The molecule has 2 atom stereocenters. The maximum atomic E-state index is 14.5. The molecule has 2 bridgehead atoms. The van der Waals surface area contributed by atoms with E-state index < -0.39 is 22.8 Å². The highest BCUT2D eigenvalue weighted by atomic mass is 35.5. The lowest BCUT2D eigenvalue weighted by Gasteiger charge is -2.44. The van der Waals surface area contributed by atoms with Crippen molar-refractivity contribution in [2.24, 2.45) is 0 Å². The predicted molar refractivity (Wildman–Crippen MR) is 179 cm³/mol. The van der Waals surface area contributed by atoms with Gasteiger partial charge in [-0.25, -0.2) is 4.98 Å². The molecule has 2 aliphatic heterocycles. The third kappa shape index (κ3) is 7.57. The summed E-state index contributed by atoms with van der Waals surface area (Å²) < 4.78 is 52.6. The molecule has 3 heterocycles. The first-order chi connectivity index (χ1) is 22.8. The molecule has 2 aromatic carbocycles. The molecule has 256 valence electrons. The Morgan fingerprint density at radius 1 is 1.10 bits per heavy atom. The Morgan fingerprint density at radius 3 is 2.48 bits per heavy atom. The number of ether oxygens (including phenoxy) is 2. The molecule has 2 amide bonds. The Labute approximate surface area is 294 Å². The van der Waals surface area contributed by atoms with Crippen LogP contribution in [0, 0.1) is 6.92 Å². The highest BCUT2D eigenvalue weighted by Gasteiger charge is 2.44. The van der Waals surface area contributed by atoms with Crippen LogP contribution in [0.25, 0.3) is 5.57 Å². The summed E-state index contributed by atoms with van der Waals surface area (Å²) in [5.74, 6) is -0.0351. The molecule has 8 nitrogen and oxygen atoms in total. The van der Waals surface area contributed by atoms with Crippen LogP contribution in [0.1, 0.15) is 47.8 Å². The van der Waals surface area contributed by atoms with Crippen molar-refractivity contribution in [1.29, 1.82) is 0 Å². The average Bonchev–Trinajstić information content (AvgIpc) is 3.74. The van der Waals surface area contributed by atoms with Gasteiger partial charge in [-0.3, -0.25) is 9.59 Å². The summed E-state index contributed by atoms with van der Waals surface area (Å²) in [5, 5.41) is 4.26. The van der Waals surface area contributed by atoms with Crippen LogP contribution in [-0.2, 0) is 22.3 Å². The topological polar surface area (TPSA) is 84.0 Å². The summed E-state index contributed by atoms with van der Waals surface area (Å²) in [5.41, 5.74) is 1.43. The van der Waals surface area contributed by atoms with Crippen molar-refractivity contribution >= 4 is 63.5 Å². The van der Waals surface area contributed by atoms with Crippen LogP contribution in [-0.4, -0.2) is 71.0 Å². The van der Waals surface area contributed by atoms with E-state index in [1.807, 2.05) is 6.92 Å². The molecule has 0 unspecified atom stereocenters. The first-order valence-corrected chi connectivity index (χ1v) is 17.3. The van der Waals surface area contributed by atoms with Gasteiger partial charge in [-0.15, -0.1) is 0 Å². The van der Waals surface area contributed by atoms with Gasteiger partial charge in [0.2, 0.25) is 5.91 Å². The SMILES string of the molecule is CC(=O)N1C[C@H]2CC(c3cnc(OCCOc4c(Cl)cc(C)cc4Cl)s3)=C(C(=O)N(Cc3cccc(C(F)(F)F)c3Cl)C3CC3)[C@@H](C1)N2. The smallest absolute Gasteiger partial charge is 0.417 e. The molecule has 1 saturated heterocycles. The number of alkyl halides is 3. The highest BCUT2D eigenvalue weighted by molar-refractivity contribution is 7.14. The van der Waals surface area contributed by atoms with Crippen LogP contribution < -0.4 is 14.8 Å². The zero-order chi connectivity index (χ0) is 34.3. The minimum atomic E-state index is -4.63. The van der Waals surface area contributed by atoms with Crippen LogP contribution in [0.3, 0.4) is 0 Å². The minimum Gasteiger partial charge on any atom is -0.487 e. The Kier molecular flexibility index (Phi) is 10.2. The highest BCUT2D eigenvalue weighted by Crippen LogP contribution is 2.42. The van der Waals surface area contributed by atoms with E-state index in [9.17, 15) is 22.8 Å². The number of carbonyl (C=O) groups is 2. The Balaban J connectivity index is 1.26. The van der Waals surface area contributed by atoms with E-state index in [2.05, 4.69) is 10.3 Å². The van der Waals surface area contributed by atoms with Crippen LogP contribution in [0.2, 0.25) is 15.1 Å². The van der Waals surface area contributed by atoms with Crippen molar-refractivity contribution in [2.75, 3.05) is 26.3 Å². The lowest BCUT2D eigenvalue weighted by atomic mass is 9.85. The summed E-state index contributed by atoms with van der Waals surface area (Å²) in [7, 11) is 0. The van der Waals surface area contributed by atoms with Gasteiger partial charge in [0.05, 0.1) is 31.6 Å². The summed E-state index contributed by atoms with van der Waals surface area (Å²) in [4.78, 5) is 35.4. The van der Waals surface area contributed by atoms with Crippen molar-refractivity contribution in [2.45, 2.75) is 64.0 Å². The molecule has 48 heavy (non-hydrogen) atoms. The molecule has 15 heteroatoms. The fourth-order valence-electron chi connectivity index (χ4n) is 6.16. The Morgan fingerprint density at radius 2 is 1.81 bits per heavy atom. The van der Waals surface area contributed by atoms with Gasteiger partial charge in [0.15, 0.2) is 5.75 Å². The fourth-order valence-corrected chi connectivity index (χ4v) is 8.01. The first-order valence-electron chi connectivity index (χ1n) is 15.4. The quantitative estimate of drug-likeness (QED) is 0.218. The van der Waals surface area contributed by atoms with Crippen LogP contribution in [0.5, 0.6) is 10.9 Å². The largest absolute Gasteiger partial charge is 0.487 e. The monoisotopic (exact) mass is 742 g/mol. The van der Waals surface area contributed by atoms with Crippen molar-refractivity contribution in [3.05, 3.63) is 78.7 Å². The average molecular weight is 744 g/mol. The summed E-state index contributed by atoms with van der Waals surface area (Å²) in [6.07, 6.45) is -1.07. The normalized spacial score (nSPS) is 19.4. The fraction of sp³-hybridized carbons (Fsp3) is 0.424. The molecule has 6 rings (SSSR count). The number of nitrogens with one attached hydrogen (secondary N) is 1. The van der Waals surface area contributed by atoms with Crippen molar-refractivity contribution in [3.8, 4) is 10.9 Å². The van der Waals surface area contributed by atoms with Gasteiger partial charge in [0, 0.05) is 50.4 Å². The third-order valence-corrected chi connectivity index (χ3v) is 10.5. The molecule has 3 aliphatic rings. The second kappa shape index (κ2) is 14.1. The number of benzene rings is 2. The van der Waals surface area contributed by atoms with Crippen LogP contribution in [0.4, 0.5) is 13.2 Å². The van der Waals surface area contributed by atoms with E-state index in [1.54, 1.807) is 28.1 Å². The second-order valence-electron chi connectivity index (χ2n) is 12.1. The molecule has 1 saturated carbocycles. The minimum absolute atomic E-state index is 0.0817. The number of aromatic nitrogens is 1. The number of aryl methyl sites for hydroxylation is 1. The van der Waals surface area contributed by atoms with E-state index in [0.29, 0.717) is 39.5 Å². The summed E-state index contributed by atoms with van der Waals surface area (Å²) in [6, 6.07) is 6.54. The lowest BCUT2D eigenvalue weighted by Crippen LogP contribution is -2.61. The predicted octanol–water partition coefficient (Wildman–Crippen LogP) is 7.43. The second-order valence-corrected chi connectivity index (χ2v) is 14.3. The number of nitrogens with zero attached hydrogens (tertiary/aromatic N) is 3. The van der Waals surface area contributed by atoms with Gasteiger partial charge in [0.1, 0.15) is 13.2 Å². The Hall–Kier alpha value is -3.03. The van der Waals surface area contributed by atoms with E-state index in [0.717, 1.165) is 34.9 Å². The molecule has 3 aromatic rings. The van der Waals surface area contributed by atoms with Crippen LogP contribution >= 0.6 is 46.1 Å². The summed E-state index contributed by atoms with van der Waals surface area (Å²) >= 11 is 20.1. The lowest BCUT2D eigenvalue weighted by molar-refractivity contribution is -0.137. The van der Waals surface area contributed by atoms with Crippen LogP contribution in [0.15, 0.2) is 42.1 Å². The van der Waals surface area contributed by atoms with Gasteiger partial charge in [0.25, 0.3) is 11.1 Å². The number of amides is 2. The summed E-state index contributed by atoms with van der Waals surface area (Å²) in [6.45, 7) is 4.37. The van der Waals surface area contributed by atoms with Gasteiger partial charge in [-0.05, 0) is 61.1 Å². The Bertz CT molecular complexity index is 1740. The molecular formula is C33H32Cl3F3N4O4S. The van der Waals surface area contributed by atoms with Gasteiger partial charge >= 0.3 is 6.18 Å². The maximum absolute atomic E-state index is 14.5. The van der Waals surface area contributed by atoms with E-state index >= 15 is 0 Å². The number of halogens is 6. The number of carbonyl (C=O) groups excluding carboxylic acids is 2. The molecular weight excluding hydrogens is 712 g/mol. The molecule has 2 fully saturated rings. The zero-order valence-corrected chi connectivity index (χ0v) is 29.1. The molecule has 0 spiro atoms. The number of hydrogen-bond acceptors (Lipinski definition) is 7. The van der Waals surface area contributed by atoms with Gasteiger partial charge in [-0.1, -0.05) is 58.3 Å². The number of piperazine rings is 1. The molecule has 0 radical (unpaired) electrons. The standard InChI is InChI=1S/C33H32Cl3F3N4O4S/c1-17-10-24(34)30(25(35)11-17)46-8-9-47-32-40-13-27(48-32)22-12-20-15-42(18(2)44)16-26(41-20)28(22)31(45)43(21-6-7-21)14-19-4-3-5-23(29(19)36)33(37,38)39/h3-5,10-11,13,20-21,26,41H,6-9,12,14-16H2,1-2H3/t20-,26-/m1/s1. The van der Waals surface area contributed by atoms with Crippen molar-refractivity contribution in [3.63, 3.8) is 0 Å². The third-order valence-electron chi connectivity index (χ3n) is 8.53. The van der Waals surface area contributed by atoms with E-state index in [4.69, 9.17) is 44.3 Å². The molecule has 1 aromatic heterocycles. The number of fused-ring (bicyclic) bond motifs is 2. The van der Waals surface area contributed by atoms with E-state index in [1.165, 1.54) is 30.4 Å². The van der Waals surface area contributed by atoms with Crippen molar-refractivity contribution < 1.29 is 32.2 Å². The zero-order valence-electron chi connectivity index (χ0n) is 26.0. The van der Waals surface area contributed by atoms with Crippen molar-refractivity contribution in [1.82, 2.24) is 20.1 Å². The maximum Gasteiger partial charge on any atom is 0.417 e.